The minimum Gasteiger partial charge on any atom is -0.481 e. The van der Waals surface area contributed by atoms with Crippen molar-refractivity contribution < 1.29 is 9.53 Å². The van der Waals surface area contributed by atoms with Crippen LogP contribution in [0.4, 0.5) is 0 Å². The number of aryl methyl sites for hydroxylation is 2. The number of rotatable bonds is 6. The minimum atomic E-state index is -0.456. The Bertz CT molecular complexity index is 401. The topological polar surface area (TPSA) is 38.3 Å². The van der Waals surface area contributed by atoms with E-state index in [2.05, 4.69) is 12.2 Å². The Morgan fingerprint density at radius 1 is 1.39 bits per heavy atom. The lowest BCUT2D eigenvalue weighted by Gasteiger charge is -2.16. The Hall–Kier alpha value is -1.51. The van der Waals surface area contributed by atoms with Crippen LogP contribution in [0.15, 0.2) is 18.2 Å². The lowest BCUT2D eigenvalue weighted by Crippen LogP contribution is -2.36. The standard InChI is InChI=1S/C15H23NO2/c1-5-6-9-16-15(17)13(4)18-14-10-11(2)7-8-12(14)3/h7-8,10,13H,5-6,9H2,1-4H3,(H,16,17). The molecule has 0 aromatic heterocycles. The summed E-state index contributed by atoms with van der Waals surface area (Å²) in [5.41, 5.74) is 2.18. The molecule has 1 N–H and O–H groups in total. The molecule has 0 heterocycles. The molecule has 0 radical (unpaired) electrons. The maximum atomic E-state index is 11.8. The van der Waals surface area contributed by atoms with Gasteiger partial charge >= 0.3 is 0 Å². The van der Waals surface area contributed by atoms with Crippen molar-refractivity contribution in [1.82, 2.24) is 5.32 Å². The fourth-order valence-corrected chi connectivity index (χ4v) is 1.61. The second-order valence-electron chi connectivity index (χ2n) is 4.67. The Balaban J connectivity index is 2.55. The molecular weight excluding hydrogens is 226 g/mol. The van der Waals surface area contributed by atoms with E-state index < -0.39 is 6.10 Å². The summed E-state index contributed by atoms with van der Waals surface area (Å²) in [7, 11) is 0. The zero-order valence-electron chi connectivity index (χ0n) is 11.7. The number of amides is 1. The van der Waals surface area contributed by atoms with E-state index in [9.17, 15) is 4.79 Å². The van der Waals surface area contributed by atoms with E-state index in [4.69, 9.17) is 4.74 Å². The summed E-state index contributed by atoms with van der Waals surface area (Å²) in [5.74, 6) is 0.734. The van der Waals surface area contributed by atoms with Crippen LogP contribution in [-0.2, 0) is 4.79 Å². The molecule has 0 saturated carbocycles. The molecule has 0 saturated heterocycles. The first kappa shape index (κ1) is 14.6. The molecule has 1 aromatic carbocycles. The average molecular weight is 249 g/mol. The first-order chi connectivity index (χ1) is 8.54. The zero-order chi connectivity index (χ0) is 13.5. The third-order valence-corrected chi connectivity index (χ3v) is 2.85. The van der Waals surface area contributed by atoms with Gasteiger partial charge in [-0.15, -0.1) is 0 Å². The third kappa shape index (κ3) is 4.40. The zero-order valence-corrected chi connectivity index (χ0v) is 11.7. The molecule has 18 heavy (non-hydrogen) atoms. The third-order valence-electron chi connectivity index (χ3n) is 2.85. The quantitative estimate of drug-likeness (QED) is 0.787. The van der Waals surface area contributed by atoms with E-state index in [-0.39, 0.29) is 5.91 Å². The van der Waals surface area contributed by atoms with E-state index in [1.54, 1.807) is 6.92 Å². The monoisotopic (exact) mass is 249 g/mol. The maximum Gasteiger partial charge on any atom is 0.260 e. The highest BCUT2D eigenvalue weighted by Crippen LogP contribution is 2.20. The lowest BCUT2D eigenvalue weighted by molar-refractivity contribution is -0.127. The molecule has 100 valence electrons. The van der Waals surface area contributed by atoms with Crippen LogP contribution in [0.2, 0.25) is 0 Å². The van der Waals surface area contributed by atoms with Gasteiger partial charge in [-0.3, -0.25) is 4.79 Å². The smallest absolute Gasteiger partial charge is 0.260 e. The summed E-state index contributed by atoms with van der Waals surface area (Å²) >= 11 is 0. The van der Waals surface area contributed by atoms with Crippen LogP contribution in [-0.4, -0.2) is 18.6 Å². The van der Waals surface area contributed by atoms with Crippen molar-refractivity contribution in [1.29, 1.82) is 0 Å². The van der Waals surface area contributed by atoms with Crippen molar-refractivity contribution in [3.63, 3.8) is 0 Å². The second-order valence-corrected chi connectivity index (χ2v) is 4.67. The molecule has 0 aliphatic heterocycles. The van der Waals surface area contributed by atoms with Gasteiger partial charge < -0.3 is 10.1 Å². The van der Waals surface area contributed by atoms with E-state index in [1.165, 1.54) is 0 Å². The van der Waals surface area contributed by atoms with Gasteiger partial charge in [0.2, 0.25) is 0 Å². The minimum absolute atomic E-state index is 0.0515. The molecule has 1 unspecified atom stereocenters. The molecule has 3 heteroatoms. The van der Waals surface area contributed by atoms with Crippen molar-refractivity contribution in [2.24, 2.45) is 0 Å². The summed E-state index contributed by atoms with van der Waals surface area (Å²) < 4.78 is 5.71. The highest BCUT2D eigenvalue weighted by Gasteiger charge is 2.14. The van der Waals surface area contributed by atoms with Crippen molar-refractivity contribution in [3.05, 3.63) is 29.3 Å². The number of nitrogens with one attached hydrogen (secondary N) is 1. The van der Waals surface area contributed by atoms with Crippen LogP contribution in [0, 0.1) is 13.8 Å². The first-order valence-electron chi connectivity index (χ1n) is 6.56. The molecule has 0 aliphatic carbocycles. The lowest BCUT2D eigenvalue weighted by atomic mass is 10.1. The number of carbonyl (C=O) groups excluding carboxylic acids is 1. The number of ether oxygens (including phenoxy) is 1. The van der Waals surface area contributed by atoms with E-state index in [0.717, 1.165) is 36.3 Å². The highest BCUT2D eigenvalue weighted by molar-refractivity contribution is 5.80. The molecular formula is C15H23NO2. The number of hydrogen-bond donors (Lipinski definition) is 1. The van der Waals surface area contributed by atoms with Crippen LogP contribution in [0.3, 0.4) is 0 Å². The Morgan fingerprint density at radius 2 is 2.11 bits per heavy atom. The van der Waals surface area contributed by atoms with Gasteiger partial charge in [-0.1, -0.05) is 25.5 Å². The van der Waals surface area contributed by atoms with Gasteiger partial charge in [0, 0.05) is 6.54 Å². The molecule has 1 atom stereocenters. The molecule has 1 rings (SSSR count). The molecule has 1 aromatic rings. The van der Waals surface area contributed by atoms with Gasteiger partial charge in [-0.2, -0.15) is 0 Å². The molecule has 0 fully saturated rings. The predicted molar refractivity (Wildman–Crippen MR) is 73.9 cm³/mol. The Labute approximate surface area is 110 Å². The molecule has 3 nitrogen and oxygen atoms in total. The van der Waals surface area contributed by atoms with Gasteiger partial charge in [0.05, 0.1) is 0 Å². The summed E-state index contributed by atoms with van der Waals surface area (Å²) in [6.45, 7) is 8.59. The van der Waals surface area contributed by atoms with Crippen LogP contribution in [0.25, 0.3) is 0 Å². The Morgan fingerprint density at radius 3 is 2.78 bits per heavy atom. The number of hydrogen-bond acceptors (Lipinski definition) is 2. The van der Waals surface area contributed by atoms with E-state index in [0.29, 0.717) is 0 Å². The van der Waals surface area contributed by atoms with Crippen LogP contribution in [0.1, 0.15) is 37.8 Å². The van der Waals surface area contributed by atoms with Crippen molar-refractivity contribution in [2.45, 2.75) is 46.6 Å². The maximum absolute atomic E-state index is 11.8. The first-order valence-corrected chi connectivity index (χ1v) is 6.56. The van der Waals surface area contributed by atoms with Gasteiger partial charge in [-0.25, -0.2) is 0 Å². The van der Waals surface area contributed by atoms with E-state index >= 15 is 0 Å². The van der Waals surface area contributed by atoms with Gasteiger partial charge in [0.15, 0.2) is 6.10 Å². The molecule has 0 aliphatic rings. The van der Waals surface area contributed by atoms with Crippen LogP contribution in [0.5, 0.6) is 5.75 Å². The van der Waals surface area contributed by atoms with Crippen molar-refractivity contribution >= 4 is 5.91 Å². The van der Waals surface area contributed by atoms with Crippen LogP contribution >= 0.6 is 0 Å². The van der Waals surface area contributed by atoms with Crippen LogP contribution < -0.4 is 10.1 Å². The number of benzene rings is 1. The van der Waals surface area contributed by atoms with Crippen molar-refractivity contribution in [3.8, 4) is 5.75 Å². The summed E-state index contributed by atoms with van der Waals surface area (Å²) in [5, 5.41) is 2.87. The van der Waals surface area contributed by atoms with Crippen molar-refractivity contribution in [2.75, 3.05) is 6.54 Å². The predicted octanol–water partition coefficient (Wildman–Crippen LogP) is 2.99. The normalized spacial score (nSPS) is 12.0. The second kappa shape index (κ2) is 7.04. The summed E-state index contributed by atoms with van der Waals surface area (Å²) in [6.07, 6.45) is 1.62. The summed E-state index contributed by atoms with van der Waals surface area (Å²) in [6, 6.07) is 6.01. The van der Waals surface area contributed by atoms with Gasteiger partial charge in [0.1, 0.15) is 5.75 Å². The number of carbonyl (C=O) groups is 1. The largest absolute Gasteiger partial charge is 0.481 e. The van der Waals surface area contributed by atoms with Gasteiger partial charge in [0.25, 0.3) is 5.91 Å². The number of unbranched alkanes of at least 4 members (excludes halogenated alkanes) is 1. The van der Waals surface area contributed by atoms with E-state index in [1.807, 2.05) is 32.0 Å². The SMILES string of the molecule is CCCCNC(=O)C(C)Oc1cc(C)ccc1C. The molecule has 0 spiro atoms. The average Bonchev–Trinajstić information content (AvgIpc) is 2.34. The fraction of sp³-hybridized carbons (Fsp3) is 0.533. The Kier molecular flexibility index (Phi) is 5.69. The fourth-order valence-electron chi connectivity index (χ4n) is 1.61. The summed E-state index contributed by atoms with van der Waals surface area (Å²) in [4.78, 5) is 11.8. The highest BCUT2D eigenvalue weighted by atomic mass is 16.5. The van der Waals surface area contributed by atoms with Gasteiger partial charge in [-0.05, 0) is 44.4 Å². The molecule has 1 amide bonds. The molecule has 0 bridgehead atoms.